The maximum Gasteiger partial charge on any atom is 0.167 e. The lowest BCUT2D eigenvalue weighted by Crippen LogP contribution is -2.38. The number of hydrogen-bond donors (Lipinski definition) is 1. The Balaban J connectivity index is 2.14. The van der Waals surface area contributed by atoms with Gasteiger partial charge in [-0.15, -0.1) is 0 Å². The molecule has 0 saturated heterocycles. The van der Waals surface area contributed by atoms with E-state index >= 15 is 0 Å². The zero-order chi connectivity index (χ0) is 13.0. The van der Waals surface area contributed by atoms with E-state index in [2.05, 4.69) is 0 Å². The summed E-state index contributed by atoms with van der Waals surface area (Å²) in [5.41, 5.74) is 6.79. The smallest absolute Gasteiger partial charge is 0.167 e. The normalized spacial score (nSPS) is 23.7. The summed E-state index contributed by atoms with van der Waals surface area (Å²) in [7, 11) is 0. The van der Waals surface area contributed by atoms with E-state index in [1.807, 2.05) is 31.2 Å². The minimum Gasteiger partial charge on any atom is -0.494 e. The van der Waals surface area contributed by atoms with Crippen LogP contribution in [0.1, 0.15) is 43.0 Å². The van der Waals surface area contributed by atoms with Crippen LogP contribution in [-0.2, 0) is 0 Å². The minimum absolute atomic E-state index is 0.0157. The molecule has 0 radical (unpaired) electrons. The summed E-state index contributed by atoms with van der Waals surface area (Å²) in [5.74, 6) is 0.909. The van der Waals surface area contributed by atoms with Gasteiger partial charge in [0.05, 0.1) is 6.61 Å². The summed E-state index contributed by atoms with van der Waals surface area (Å²) < 4.78 is 5.43. The second-order valence-corrected chi connectivity index (χ2v) is 4.88. The summed E-state index contributed by atoms with van der Waals surface area (Å²) in [6.07, 6.45) is 4.12. The largest absolute Gasteiger partial charge is 0.494 e. The number of rotatable bonds is 4. The predicted octanol–water partition coefficient (Wildman–Crippen LogP) is 2.79. The number of benzene rings is 1. The molecule has 0 aromatic heterocycles. The molecule has 2 unspecified atom stereocenters. The van der Waals surface area contributed by atoms with Gasteiger partial charge in [-0.2, -0.15) is 0 Å². The van der Waals surface area contributed by atoms with Crippen molar-refractivity contribution in [2.75, 3.05) is 6.61 Å². The second-order valence-electron chi connectivity index (χ2n) is 4.88. The van der Waals surface area contributed by atoms with E-state index < -0.39 is 0 Å². The van der Waals surface area contributed by atoms with Gasteiger partial charge in [0.15, 0.2) is 5.78 Å². The van der Waals surface area contributed by atoms with E-state index in [-0.39, 0.29) is 17.7 Å². The van der Waals surface area contributed by atoms with Crippen LogP contribution in [0, 0.1) is 5.92 Å². The lowest BCUT2D eigenvalue weighted by molar-refractivity contribution is 0.0870. The SMILES string of the molecule is CCOc1cccc(C(=O)C2CCCCC2N)c1. The van der Waals surface area contributed by atoms with Crippen LogP contribution >= 0.6 is 0 Å². The Morgan fingerprint density at radius 1 is 1.39 bits per heavy atom. The van der Waals surface area contributed by atoms with Gasteiger partial charge in [0.25, 0.3) is 0 Å². The summed E-state index contributed by atoms with van der Waals surface area (Å²) in [4.78, 5) is 12.4. The van der Waals surface area contributed by atoms with Crippen LogP contribution in [0.5, 0.6) is 5.75 Å². The van der Waals surface area contributed by atoms with Crippen LogP contribution in [0.2, 0.25) is 0 Å². The molecule has 18 heavy (non-hydrogen) atoms. The Labute approximate surface area is 108 Å². The Bertz CT molecular complexity index is 417. The highest BCUT2D eigenvalue weighted by molar-refractivity contribution is 5.98. The van der Waals surface area contributed by atoms with E-state index in [0.717, 1.165) is 37.0 Å². The third-order valence-corrected chi connectivity index (χ3v) is 3.59. The van der Waals surface area contributed by atoms with Gasteiger partial charge in [-0.1, -0.05) is 25.0 Å². The van der Waals surface area contributed by atoms with Gasteiger partial charge in [-0.25, -0.2) is 0 Å². The number of carbonyl (C=O) groups is 1. The summed E-state index contributed by atoms with van der Waals surface area (Å²) in [6.45, 7) is 2.55. The van der Waals surface area contributed by atoms with Gasteiger partial charge in [-0.3, -0.25) is 4.79 Å². The molecule has 1 aromatic rings. The Hall–Kier alpha value is -1.35. The molecule has 0 amide bonds. The maximum absolute atomic E-state index is 12.4. The first-order valence-corrected chi connectivity index (χ1v) is 6.75. The molecular formula is C15H21NO2. The van der Waals surface area contributed by atoms with Gasteiger partial charge in [0, 0.05) is 17.5 Å². The standard InChI is InChI=1S/C15H21NO2/c1-2-18-12-7-5-6-11(10-12)15(17)13-8-3-4-9-14(13)16/h5-7,10,13-14H,2-4,8-9,16H2,1H3. The van der Waals surface area contributed by atoms with E-state index in [9.17, 15) is 4.79 Å². The monoisotopic (exact) mass is 247 g/mol. The fourth-order valence-electron chi connectivity index (χ4n) is 2.60. The van der Waals surface area contributed by atoms with Crippen LogP contribution in [0.4, 0.5) is 0 Å². The zero-order valence-electron chi connectivity index (χ0n) is 10.9. The van der Waals surface area contributed by atoms with Crippen molar-refractivity contribution in [1.29, 1.82) is 0 Å². The molecule has 1 aromatic carbocycles. The zero-order valence-corrected chi connectivity index (χ0v) is 10.9. The van der Waals surface area contributed by atoms with Crippen LogP contribution in [-0.4, -0.2) is 18.4 Å². The van der Waals surface area contributed by atoms with Crippen molar-refractivity contribution < 1.29 is 9.53 Å². The lowest BCUT2D eigenvalue weighted by Gasteiger charge is -2.27. The molecule has 2 rings (SSSR count). The molecule has 2 atom stereocenters. The molecule has 3 nitrogen and oxygen atoms in total. The van der Waals surface area contributed by atoms with Crippen LogP contribution in [0.3, 0.4) is 0 Å². The van der Waals surface area contributed by atoms with Crippen LogP contribution in [0.15, 0.2) is 24.3 Å². The number of carbonyl (C=O) groups excluding carboxylic acids is 1. The number of ether oxygens (including phenoxy) is 1. The van der Waals surface area contributed by atoms with Crippen molar-refractivity contribution in [1.82, 2.24) is 0 Å². The van der Waals surface area contributed by atoms with Gasteiger partial charge in [-0.05, 0) is 31.9 Å². The molecule has 1 aliphatic carbocycles. The third-order valence-electron chi connectivity index (χ3n) is 3.59. The Morgan fingerprint density at radius 2 is 2.17 bits per heavy atom. The molecule has 3 heteroatoms. The molecule has 0 aliphatic heterocycles. The van der Waals surface area contributed by atoms with Gasteiger partial charge >= 0.3 is 0 Å². The highest BCUT2D eigenvalue weighted by Gasteiger charge is 2.28. The first kappa shape index (κ1) is 13.1. The molecule has 2 N–H and O–H groups in total. The highest BCUT2D eigenvalue weighted by atomic mass is 16.5. The summed E-state index contributed by atoms with van der Waals surface area (Å²) >= 11 is 0. The predicted molar refractivity (Wildman–Crippen MR) is 71.9 cm³/mol. The molecule has 0 heterocycles. The molecule has 1 aliphatic rings. The van der Waals surface area contributed by atoms with Gasteiger partial charge < -0.3 is 10.5 Å². The Kier molecular flexibility index (Phi) is 4.37. The quantitative estimate of drug-likeness (QED) is 0.832. The second kappa shape index (κ2) is 6.01. The topological polar surface area (TPSA) is 52.3 Å². The summed E-state index contributed by atoms with van der Waals surface area (Å²) in [6, 6.07) is 7.44. The number of hydrogen-bond acceptors (Lipinski definition) is 3. The number of Topliss-reactive ketones (excluding diaryl/α,β-unsaturated/α-hetero) is 1. The first-order chi connectivity index (χ1) is 8.72. The summed E-state index contributed by atoms with van der Waals surface area (Å²) in [5, 5.41) is 0. The molecule has 1 fully saturated rings. The van der Waals surface area contributed by atoms with E-state index in [4.69, 9.17) is 10.5 Å². The van der Waals surface area contributed by atoms with E-state index in [1.54, 1.807) is 0 Å². The van der Waals surface area contributed by atoms with Crippen LogP contribution < -0.4 is 10.5 Å². The molecule has 1 saturated carbocycles. The van der Waals surface area contributed by atoms with Crippen molar-refractivity contribution in [3.63, 3.8) is 0 Å². The lowest BCUT2D eigenvalue weighted by atomic mass is 9.80. The minimum atomic E-state index is -0.0179. The molecule has 98 valence electrons. The number of ketones is 1. The fourth-order valence-corrected chi connectivity index (χ4v) is 2.60. The number of nitrogens with two attached hydrogens (primary N) is 1. The molecule has 0 bridgehead atoms. The van der Waals surface area contributed by atoms with E-state index in [1.165, 1.54) is 0 Å². The average molecular weight is 247 g/mol. The van der Waals surface area contributed by atoms with Crippen molar-refractivity contribution in [2.24, 2.45) is 11.7 Å². The van der Waals surface area contributed by atoms with Crippen LogP contribution in [0.25, 0.3) is 0 Å². The van der Waals surface area contributed by atoms with Crippen molar-refractivity contribution in [3.05, 3.63) is 29.8 Å². The average Bonchev–Trinajstić information content (AvgIpc) is 2.39. The molecular weight excluding hydrogens is 226 g/mol. The van der Waals surface area contributed by atoms with Gasteiger partial charge in [0.2, 0.25) is 0 Å². The van der Waals surface area contributed by atoms with Crippen molar-refractivity contribution in [3.8, 4) is 5.75 Å². The van der Waals surface area contributed by atoms with E-state index in [0.29, 0.717) is 6.61 Å². The highest BCUT2D eigenvalue weighted by Crippen LogP contribution is 2.27. The third kappa shape index (κ3) is 2.91. The van der Waals surface area contributed by atoms with Crippen molar-refractivity contribution >= 4 is 5.78 Å². The Morgan fingerprint density at radius 3 is 2.89 bits per heavy atom. The van der Waals surface area contributed by atoms with Gasteiger partial charge in [0.1, 0.15) is 5.75 Å². The fraction of sp³-hybridized carbons (Fsp3) is 0.533. The molecule has 0 spiro atoms. The maximum atomic E-state index is 12.4. The van der Waals surface area contributed by atoms with Crippen molar-refractivity contribution in [2.45, 2.75) is 38.6 Å². The first-order valence-electron chi connectivity index (χ1n) is 6.75.